The Morgan fingerprint density at radius 2 is 1.88 bits per heavy atom. The van der Waals surface area contributed by atoms with Crippen LogP contribution in [0.25, 0.3) is 17.1 Å². The van der Waals surface area contributed by atoms with E-state index in [-0.39, 0.29) is 5.78 Å². The summed E-state index contributed by atoms with van der Waals surface area (Å²) in [5.41, 5.74) is 1.63. The number of thioether (sulfide) groups is 1. The molecule has 0 aliphatic rings. The molecule has 7 heteroatoms. The fourth-order valence-corrected chi connectivity index (χ4v) is 3.43. The number of benzene rings is 2. The van der Waals surface area contributed by atoms with Gasteiger partial charge in [0.05, 0.1) is 10.8 Å². The molecule has 0 atom stereocenters. The van der Waals surface area contributed by atoms with Gasteiger partial charge in [0, 0.05) is 16.3 Å². The molecule has 0 bridgehead atoms. The van der Waals surface area contributed by atoms with Crippen LogP contribution in [-0.2, 0) is 4.79 Å². The lowest BCUT2D eigenvalue weighted by atomic mass is 10.2. The monoisotopic (exact) mass is 377 g/mol. The van der Waals surface area contributed by atoms with Gasteiger partial charge in [0.1, 0.15) is 5.78 Å². The van der Waals surface area contributed by atoms with Gasteiger partial charge in [-0.15, -0.1) is 10.2 Å². The lowest BCUT2D eigenvalue weighted by Crippen LogP contribution is -2.02. The molecule has 0 saturated carbocycles. The van der Waals surface area contributed by atoms with Crippen molar-refractivity contribution < 1.29 is 4.79 Å². The number of hydrogen-bond donors (Lipinski definition) is 0. The molecular weight excluding hydrogens is 365 g/mol. The van der Waals surface area contributed by atoms with E-state index < -0.39 is 0 Å². The van der Waals surface area contributed by atoms with E-state index in [0.29, 0.717) is 26.8 Å². The molecule has 0 aliphatic carbocycles. The maximum atomic E-state index is 11.3. The largest absolute Gasteiger partial charge is 0.299 e. The van der Waals surface area contributed by atoms with Crippen LogP contribution in [0.2, 0.25) is 10.0 Å². The van der Waals surface area contributed by atoms with Gasteiger partial charge in [0.25, 0.3) is 0 Å². The zero-order valence-corrected chi connectivity index (χ0v) is 15.1. The number of carbonyl (C=O) groups excluding carboxylic acids is 1. The van der Waals surface area contributed by atoms with E-state index in [9.17, 15) is 4.79 Å². The first-order valence-electron chi connectivity index (χ1n) is 7.15. The number of aromatic nitrogens is 3. The third-order valence-corrected chi connectivity index (χ3v) is 4.85. The van der Waals surface area contributed by atoms with Gasteiger partial charge in [0.15, 0.2) is 11.0 Å². The lowest BCUT2D eigenvalue weighted by Gasteiger charge is -2.11. The number of ketones is 1. The first-order valence-corrected chi connectivity index (χ1v) is 8.89. The van der Waals surface area contributed by atoms with Gasteiger partial charge in [-0.05, 0) is 37.3 Å². The van der Waals surface area contributed by atoms with Gasteiger partial charge in [-0.3, -0.25) is 9.36 Å². The van der Waals surface area contributed by atoms with Gasteiger partial charge in [-0.2, -0.15) is 0 Å². The van der Waals surface area contributed by atoms with Gasteiger partial charge >= 0.3 is 0 Å². The Balaban J connectivity index is 2.14. The minimum absolute atomic E-state index is 0.0775. The number of hydrogen-bond acceptors (Lipinski definition) is 4. The normalized spacial score (nSPS) is 10.8. The van der Waals surface area contributed by atoms with Gasteiger partial charge in [-0.25, -0.2) is 0 Å². The molecular formula is C17H13Cl2N3OS. The fraction of sp³-hybridized carbons (Fsp3) is 0.118. The van der Waals surface area contributed by atoms with Crippen LogP contribution < -0.4 is 0 Å². The average molecular weight is 378 g/mol. The van der Waals surface area contributed by atoms with Crippen LogP contribution in [0.5, 0.6) is 0 Å². The van der Waals surface area contributed by atoms with Crippen LogP contribution in [0.4, 0.5) is 0 Å². The topological polar surface area (TPSA) is 47.8 Å². The Kier molecular flexibility index (Phi) is 5.23. The van der Waals surface area contributed by atoms with Crippen LogP contribution >= 0.6 is 35.0 Å². The summed E-state index contributed by atoms with van der Waals surface area (Å²) in [6.07, 6.45) is 0. The number of halogens is 2. The smallest absolute Gasteiger partial charge is 0.196 e. The Bertz CT molecular complexity index is 881. The predicted octanol–water partition coefficient (Wildman–Crippen LogP) is 4.92. The number of nitrogens with zero attached hydrogens (tertiary/aromatic N) is 3. The van der Waals surface area contributed by atoms with Crippen molar-refractivity contribution in [3.63, 3.8) is 0 Å². The third kappa shape index (κ3) is 3.64. The van der Waals surface area contributed by atoms with Gasteiger partial charge in [0.2, 0.25) is 0 Å². The summed E-state index contributed by atoms with van der Waals surface area (Å²) in [6, 6.07) is 15.0. The zero-order valence-electron chi connectivity index (χ0n) is 12.7. The van der Waals surface area contributed by atoms with Gasteiger partial charge < -0.3 is 0 Å². The standard InChI is InChI=1S/C17H13Cl2N3OS/c1-11(23)10-24-17-21-20-16(14-8-7-12(18)9-15(14)19)22(17)13-5-3-2-4-6-13/h2-9H,10H2,1H3. The Hall–Kier alpha value is -1.82. The quantitative estimate of drug-likeness (QED) is 0.591. The van der Waals surface area contributed by atoms with E-state index >= 15 is 0 Å². The second kappa shape index (κ2) is 7.38. The van der Waals surface area contributed by atoms with Crippen molar-refractivity contribution in [2.24, 2.45) is 0 Å². The Morgan fingerprint density at radius 1 is 1.12 bits per heavy atom. The van der Waals surface area contributed by atoms with Crippen LogP contribution in [0.3, 0.4) is 0 Å². The van der Waals surface area contributed by atoms with Crippen molar-refractivity contribution in [1.29, 1.82) is 0 Å². The molecule has 3 rings (SSSR count). The van der Waals surface area contributed by atoms with E-state index in [1.54, 1.807) is 19.1 Å². The molecule has 0 unspecified atom stereocenters. The summed E-state index contributed by atoms with van der Waals surface area (Å²) in [7, 11) is 0. The second-order valence-electron chi connectivity index (χ2n) is 5.09. The van der Waals surface area contributed by atoms with Crippen LogP contribution in [0.15, 0.2) is 53.7 Å². The Labute approximate surface area is 153 Å². The third-order valence-electron chi connectivity index (χ3n) is 3.22. The van der Waals surface area contributed by atoms with E-state index in [0.717, 1.165) is 11.3 Å². The van der Waals surface area contributed by atoms with E-state index in [1.807, 2.05) is 41.0 Å². The summed E-state index contributed by atoms with van der Waals surface area (Å²) >= 11 is 13.7. The highest BCUT2D eigenvalue weighted by atomic mass is 35.5. The fourth-order valence-electron chi connectivity index (χ4n) is 2.18. The number of Topliss-reactive ketones (excluding diaryl/α,β-unsaturated/α-hetero) is 1. The molecule has 122 valence electrons. The number of para-hydroxylation sites is 1. The summed E-state index contributed by atoms with van der Waals surface area (Å²) in [5.74, 6) is 1.02. The first kappa shape index (κ1) is 17.0. The molecule has 0 N–H and O–H groups in total. The molecule has 1 aromatic heterocycles. The summed E-state index contributed by atoms with van der Waals surface area (Å²) in [5, 5.41) is 10.2. The average Bonchev–Trinajstić information content (AvgIpc) is 2.97. The van der Waals surface area contributed by atoms with Crippen molar-refractivity contribution in [1.82, 2.24) is 14.8 Å². The number of carbonyl (C=O) groups is 1. The van der Waals surface area contributed by atoms with Crippen LogP contribution in [-0.4, -0.2) is 26.3 Å². The summed E-state index contributed by atoms with van der Waals surface area (Å²) in [4.78, 5) is 11.3. The highest BCUT2D eigenvalue weighted by Crippen LogP contribution is 2.33. The molecule has 3 aromatic rings. The molecule has 1 heterocycles. The minimum atomic E-state index is 0.0775. The maximum absolute atomic E-state index is 11.3. The van der Waals surface area contributed by atoms with E-state index in [1.165, 1.54) is 11.8 Å². The second-order valence-corrected chi connectivity index (χ2v) is 6.88. The molecule has 0 fully saturated rings. The van der Waals surface area contributed by atoms with Gasteiger partial charge in [-0.1, -0.05) is 53.2 Å². The molecule has 0 radical (unpaired) electrons. The van der Waals surface area contributed by atoms with E-state index in [2.05, 4.69) is 10.2 Å². The maximum Gasteiger partial charge on any atom is 0.196 e. The van der Waals surface area contributed by atoms with Crippen LogP contribution in [0, 0.1) is 0 Å². The molecule has 2 aromatic carbocycles. The van der Waals surface area contributed by atoms with E-state index in [4.69, 9.17) is 23.2 Å². The molecule has 0 saturated heterocycles. The molecule has 0 aliphatic heterocycles. The first-order chi connectivity index (χ1) is 11.6. The van der Waals surface area contributed by atoms with Crippen molar-refractivity contribution in [3.8, 4) is 17.1 Å². The van der Waals surface area contributed by atoms with Crippen molar-refractivity contribution in [3.05, 3.63) is 58.6 Å². The number of rotatable bonds is 5. The van der Waals surface area contributed by atoms with Crippen molar-refractivity contribution in [2.45, 2.75) is 12.1 Å². The zero-order chi connectivity index (χ0) is 17.1. The summed E-state index contributed by atoms with van der Waals surface area (Å²) < 4.78 is 1.89. The van der Waals surface area contributed by atoms with Crippen molar-refractivity contribution in [2.75, 3.05) is 5.75 Å². The minimum Gasteiger partial charge on any atom is -0.299 e. The summed E-state index contributed by atoms with van der Waals surface area (Å²) in [6.45, 7) is 1.55. The molecule has 0 amide bonds. The SMILES string of the molecule is CC(=O)CSc1nnc(-c2ccc(Cl)cc2Cl)n1-c1ccccc1. The van der Waals surface area contributed by atoms with Crippen molar-refractivity contribution >= 4 is 40.7 Å². The van der Waals surface area contributed by atoms with Crippen LogP contribution in [0.1, 0.15) is 6.92 Å². The molecule has 0 spiro atoms. The molecule has 4 nitrogen and oxygen atoms in total. The lowest BCUT2D eigenvalue weighted by molar-refractivity contribution is -0.114. The predicted molar refractivity (Wildman–Crippen MR) is 98.2 cm³/mol. The highest BCUT2D eigenvalue weighted by molar-refractivity contribution is 7.99. The Morgan fingerprint density at radius 3 is 2.54 bits per heavy atom. The molecule has 24 heavy (non-hydrogen) atoms. The highest BCUT2D eigenvalue weighted by Gasteiger charge is 2.18.